The third-order valence-corrected chi connectivity index (χ3v) is 5.60. The third-order valence-electron chi connectivity index (χ3n) is 5.60. The number of hydrogen-bond acceptors (Lipinski definition) is 5. The van der Waals surface area contributed by atoms with Gasteiger partial charge in [0.05, 0.1) is 18.3 Å². The third kappa shape index (κ3) is 5.81. The van der Waals surface area contributed by atoms with Crippen LogP contribution in [0, 0.1) is 24.0 Å². The smallest absolute Gasteiger partial charge is 0.222 e. The Bertz CT molecular complexity index is 1160. The Morgan fingerprint density at radius 1 is 1.24 bits per heavy atom. The van der Waals surface area contributed by atoms with Gasteiger partial charge in [0, 0.05) is 37.8 Å². The SMILES string of the molecule is C#CCOCC(O)CN(Cc1c(-c2ccccc2)nn(C)c1Oc1ccc(F)cc1F)C1CC1. The molecule has 1 aromatic heterocycles. The lowest BCUT2D eigenvalue weighted by Crippen LogP contribution is -2.36. The summed E-state index contributed by atoms with van der Waals surface area (Å²) < 4.78 is 40.6. The summed E-state index contributed by atoms with van der Waals surface area (Å²) in [7, 11) is 1.72. The number of halogens is 2. The molecule has 34 heavy (non-hydrogen) atoms. The van der Waals surface area contributed by atoms with Crippen LogP contribution in [-0.4, -0.2) is 51.7 Å². The largest absolute Gasteiger partial charge is 0.436 e. The molecule has 4 rings (SSSR count). The first-order chi connectivity index (χ1) is 16.5. The van der Waals surface area contributed by atoms with E-state index in [2.05, 4.69) is 15.9 Å². The molecule has 1 aliphatic rings. The van der Waals surface area contributed by atoms with Crippen LogP contribution in [0.1, 0.15) is 18.4 Å². The van der Waals surface area contributed by atoms with Crippen LogP contribution >= 0.6 is 0 Å². The van der Waals surface area contributed by atoms with Crippen molar-refractivity contribution in [3.05, 3.63) is 65.7 Å². The minimum atomic E-state index is -0.798. The van der Waals surface area contributed by atoms with Crippen molar-refractivity contribution in [2.75, 3.05) is 19.8 Å². The van der Waals surface area contributed by atoms with Gasteiger partial charge < -0.3 is 14.6 Å². The van der Waals surface area contributed by atoms with E-state index in [-0.39, 0.29) is 19.0 Å². The number of rotatable bonds is 11. The minimum absolute atomic E-state index is 0.0917. The summed E-state index contributed by atoms with van der Waals surface area (Å²) in [6.45, 7) is 1.08. The Morgan fingerprint density at radius 2 is 2.00 bits per heavy atom. The maximum absolute atomic E-state index is 14.4. The number of aliphatic hydroxyl groups excluding tert-OH is 1. The molecule has 3 aromatic rings. The molecule has 2 aromatic carbocycles. The van der Waals surface area contributed by atoms with E-state index >= 15 is 0 Å². The summed E-state index contributed by atoms with van der Waals surface area (Å²) in [6, 6.07) is 13.1. The zero-order valence-electron chi connectivity index (χ0n) is 19.0. The molecule has 6 nitrogen and oxygen atoms in total. The molecule has 1 atom stereocenters. The quantitative estimate of drug-likeness (QED) is 0.339. The van der Waals surface area contributed by atoms with E-state index in [1.54, 1.807) is 11.7 Å². The van der Waals surface area contributed by atoms with Crippen molar-refractivity contribution in [1.82, 2.24) is 14.7 Å². The Labute approximate surface area is 197 Å². The standard InChI is InChI=1S/C26H27F2N3O3/c1-3-13-33-17-21(32)15-31(20-10-11-20)16-22-25(18-7-5-4-6-8-18)29-30(2)26(22)34-24-12-9-19(27)14-23(24)28/h1,4-9,12,14,20-21,32H,10-11,13,15-17H2,2H3. The number of aromatic nitrogens is 2. The lowest BCUT2D eigenvalue weighted by molar-refractivity contribution is 0.0241. The van der Waals surface area contributed by atoms with Gasteiger partial charge in [0.1, 0.15) is 18.1 Å². The Morgan fingerprint density at radius 3 is 2.68 bits per heavy atom. The van der Waals surface area contributed by atoms with E-state index in [0.717, 1.165) is 36.1 Å². The van der Waals surface area contributed by atoms with Gasteiger partial charge in [-0.1, -0.05) is 36.3 Å². The van der Waals surface area contributed by atoms with E-state index in [0.29, 0.717) is 30.7 Å². The van der Waals surface area contributed by atoms with Gasteiger partial charge in [0.25, 0.3) is 0 Å². The first-order valence-corrected chi connectivity index (χ1v) is 11.1. The molecule has 0 spiro atoms. The van der Waals surface area contributed by atoms with Crippen LogP contribution in [0.25, 0.3) is 11.3 Å². The van der Waals surface area contributed by atoms with Gasteiger partial charge in [0.15, 0.2) is 11.6 Å². The molecule has 1 N–H and O–H groups in total. The summed E-state index contributed by atoms with van der Waals surface area (Å²) in [5.74, 6) is 1.18. The molecule has 178 valence electrons. The average Bonchev–Trinajstić information content (AvgIpc) is 3.62. The highest BCUT2D eigenvalue weighted by atomic mass is 19.1. The maximum Gasteiger partial charge on any atom is 0.222 e. The number of terminal acetylenes is 1. The fraction of sp³-hybridized carbons (Fsp3) is 0.346. The van der Waals surface area contributed by atoms with Crippen molar-refractivity contribution in [1.29, 1.82) is 0 Å². The first kappa shape index (κ1) is 23.9. The molecule has 0 bridgehead atoms. The summed E-state index contributed by atoms with van der Waals surface area (Å²) in [4.78, 5) is 2.15. The van der Waals surface area contributed by atoms with Crippen LogP contribution in [-0.2, 0) is 18.3 Å². The fourth-order valence-corrected chi connectivity index (χ4v) is 3.88. The predicted molar refractivity (Wildman–Crippen MR) is 124 cm³/mol. The molecular weight excluding hydrogens is 440 g/mol. The predicted octanol–water partition coefficient (Wildman–Crippen LogP) is 4.13. The van der Waals surface area contributed by atoms with Crippen molar-refractivity contribution < 1.29 is 23.4 Å². The number of nitrogens with zero attached hydrogens (tertiary/aromatic N) is 3. The van der Waals surface area contributed by atoms with Crippen molar-refractivity contribution >= 4 is 0 Å². The lowest BCUT2D eigenvalue weighted by atomic mass is 10.1. The maximum atomic E-state index is 14.4. The fourth-order valence-electron chi connectivity index (χ4n) is 3.88. The zero-order valence-corrected chi connectivity index (χ0v) is 19.0. The molecular formula is C26H27F2N3O3. The van der Waals surface area contributed by atoms with E-state index in [9.17, 15) is 13.9 Å². The molecule has 8 heteroatoms. The first-order valence-electron chi connectivity index (χ1n) is 11.1. The van der Waals surface area contributed by atoms with E-state index in [4.69, 9.17) is 15.9 Å². The van der Waals surface area contributed by atoms with Gasteiger partial charge in [0.2, 0.25) is 5.88 Å². The van der Waals surface area contributed by atoms with E-state index in [1.807, 2.05) is 30.3 Å². The van der Waals surface area contributed by atoms with E-state index < -0.39 is 17.7 Å². The highest BCUT2D eigenvalue weighted by Crippen LogP contribution is 2.37. The second kappa shape index (κ2) is 10.8. The van der Waals surface area contributed by atoms with Crippen LogP contribution in [0.5, 0.6) is 11.6 Å². The molecule has 1 fully saturated rings. The van der Waals surface area contributed by atoms with Gasteiger partial charge in [-0.15, -0.1) is 6.42 Å². The summed E-state index contributed by atoms with van der Waals surface area (Å²) >= 11 is 0. The summed E-state index contributed by atoms with van der Waals surface area (Å²) in [5.41, 5.74) is 2.33. The monoisotopic (exact) mass is 467 g/mol. The van der Waals surface area contributed by atoms with Gasteiger partial charge >= 0.3 is 0 Å². The highest BCUT2D eigenvalue weighted by Gasteiger charge is 2.33. The van der Waals surface area contributed by atoms with Crippen LogP contribution in [0.2, 0.25) is 0 Å². The number of aliphatic hydroxyl groups is 1. The molecule has 1 heterocycles. The average molecular weight is 468 g/mol. The number of aryl methyl sites for hydroxylation is 1. The molecule has 1 saturated carbocycles. The molecule has 0 radical (unpaired) electrons. The Hall–Kier alpha value is -3.25. The van der Waals surface area contributed by atoms with Crippen molar-refractivity contribution in [3.63, 3.8) is 0 Å². The molecule has 0 aliphatic heterocycles. The second-order valence-corrected chi connectivity index (χ2v) is 8.33. The van der Waals surface area contributed by atoms with Crippen LogP contribution in [0.4, 0.5) is 8.78 Å². The van der Waals surface area contributed by atoms with Gasteiger partial charge in [-0.2, -0.15) is 5.10 Å². The highest BCUT2D eigenvalue weighted by molar-refractivity contribution is 5.65. The number of benzene rings is 2. The van der Waals surface area contributed by atoms with Gasteiger partial charge in [-0.3, -0.25) is 4.90 Å². The van der Waals surface area contributed by atoms with Crippen LogP contribution in [0.15, 0.2) is 48.5 Å². The van der Waals surface area contributed by atoms with Gasteiger partial charge in [-0.05, 0) is 25.0 Å². The van der Waals surface area contributed by atoms with Crippen LogP contribution in [0.3, 0.4) is 0 Å². The van der Waals surface area contributed by atoms with E-state index in [1.165, 1.54) is 6.07 Å². The van der Waals surface area contributed by atoms with Crippen LogP contribution < -0.4 is 4.74 Å². The Balaban J connectivity index is 1.66. The zero-order chi connectivity index (χ0) is 24.1. The Kier molecular flexibility index (Phi) is 7.58. The normalized spacial score (nSPS) is 14.2. The van der Waals surface area contributed by atoms with Crippen molar-refractivity contribution in [2.45, 2.75) is 31.5 Å². The molecule has 0 saturated heterocycles. The number of hydrogen-bond donors (Lipinski definition) is 1. The second-order valence-electron chi connectivity index (χ2n) is 8.33. The topological polar surface area (TPSA) is 59.8 Å². The number of ether oxygens (including phenoxy) is 2. The molecule has 1 unspecified atom stereocenters. The van der Waals surface area contributed by atoms with Crippen molar-refractivity contribution in [3.8, 4) is 35.2 Å². The lowest BCUT2D eigenvalue weighted by Gasteiger charge is -2.25. The summed E-state index contributed by atoms with van der Waals surface area (Å²) in [6.07, 6.45) is 6.52. The minimum Gasteiger partial charge on any atom is -0.436 e. The molecule has 1 aliphatic carbocycles. The summed E-state index contributed by atoms with van der Waals surface area (Å²) in [5, 5.41) is 15.1. The molecule has 0 amide bonds. The van der Waals surface area contributed by atoms with Crippen molar-refractivity contribution in [2.24, 2.45) is 7.05 Å². The van der Waals surface area contributed by atoms with Gasteiger partial charge in [-0.25, -0.2) is 13.5 Å².